The fraction of sp³-hybridized carbons (Fsp3) is 0.300. The molecule has 0 saturated carbocycles. The Hall–Kier alpha value is -3.66. The molecule has 0 aliphatic heterocycles. The average molecular weight is 417 g/mol. The molecule has 10 nitrogen and oxygen atoms in total. The fourth-order valence-corrected chi connectivity index (χ4v) is 2.39. The lowest BCUT2D eigenvalue weighted by Gasteiger charge is -2.12. The smallest absolute Gasteiger partial charge is 0.407 e. The summed E-state index contributed by atoms with van der Waals surface area (Å²) in [7, 11) is 4.79. The van der Waals surface area contributed by atoms with E-state index in [0.29, 0.717) is 30.0 Å². The maximum absolute atomic E-state index is 12.0. The van der Waals surface area contributed by atoms with Gasteiger partial charge in [-0.15, -0.1) is 0 Å². The maximum atomic E-state index is 12.0. The number of nitro benzene ring substituents is 1. The van der Waals surface area contributed by atoms with Gasteiger partial charge in [-0.3, -0.25) is 14.9 Å². The number of rotatable bonds is 9. The van der Waals surface area contributed by atoms with Crippen molar-refractivity contribution in [2.24, 2.45) is 0 Å². The second kappa shape index (κ2) is 10.8. The van der Waals surface area contributed by atoms with Crippen LogP contribution in [0, 0.1) is 10.1 Å². The summed E-state index contributed by atoms with van der Waals surface area (Å²) in [5.74, 6) is 0.145. The van der Waals surface area contributed by atoms with Gasteiger partial charge in [-0.1, -0.05) is 0 Å². The van der Waals surface area contributed by atoms with E-state index < -0.39 is 11.0 Å². The Morgan fingerprint density at radius 3 is 2.43 bits per heavy atom. The van der Waals surface area contributed by atoms with Gasteiger partial charge in [-0.25, -0.2) is 4.79 Å². The number of carbonyl (C=O) groups is 2. The first-order valence-electron chi connectivity index (χ1n) is 8.98. The summed E-state index contributed by atoms with van der Waals surface area (Å²) >= 11 is 0. The Morgan fingerprint density at radius 2 is 1.83 bits per heavy atom. The SMILES string of the molecule is COCCNC(=O)OCc1ccc([N+](=O)[O-])c(Oc2ccc(C(=O)N(C)C)cc2)c1. The maximum Gasteiger partial charge on any atom is 0.407 e. The molecule has 30 heavy (non-hydrogen) atoms. The Bertz CT molecular complexity index is 898. The van der Waals surface area contributed by atoms with Gasteiger partial charge in [-0.05, 0) is 42.0 Å². The molecule has 0 radical (unpaired) electrons. The number of benzene rings is 2. The highest BCUT2D eigenvalue weighted by Gasteiger charge is 2.17. The molecule has 0 unspecified atom stereocenters. The predicted octanol–water partition coefficient (Wildman–Crippen LogP) is 2.96. The lowest BCUT2D eigenvalue weighted by Crippen LogP contribution is -2.27. The van der Waals surface area contributed by atoms with Gasteiger partial charge in [0.15, 0.2) is 0 Å². The number of amides is 2. The molecule has 0 heterocycles. The van der Waals surface area contributed by atoms with Gasteiger partial charge < -0.3 is 24.4 Å². The molecule has 0 aliphatic carbocycles. The highest BCUT2D eigenvalue weighted by molar-refractivity contribution is 5.93. The number of carbonyl (C=O) groups excluding carboxylic acids is 2. The number of ether oxygens (including phenoxy) is 3. The summed E-state index contributed by atoms with van der Waals surface area (Å²) in [4.78, 5) is 35.8. The van der Waals surface area contributed by atoms with Gasteiger partial charge in [0, 0.05) is 39.4 Å². The van der Waals surface area contributed by atoms with Crippen molar-refractivity contribution < 1.29 is 28.7 Å². The molecule has 2 aromatic rings. The number of methoxy groups -OCH3 is 1. The van der Waals surface area contributed by atoms with Crippen molar-refractivity contribution in [1.29, 1.82) is 0 Å². The number of nitrogens with one attached hydrogen (secondary N) is 1. The number of alkyl carbamates (subject to hydrolysis) is 1. The summed E-state index contributed by atoms with van der Waals surface area (Å²) < 4.78 is 15.5. The molecule has 2 rings (SSSR count). The Kier molecular flexibility index (Phi) is 8.12. The first kappa shape index (κ1) is 22.6. The van der Waals surface area contributed by atoms with E-state index in [0.717, 1.165) is 0 Å². The third kappa shape index (κ3) is 6.45. The lowest BCUT2D eigenvalue weighted by atomic mass is 10.2. The minimum atomic E-state index is -0.631. The molecule has 0 spiro atoms. The summed E-state index contributed by atoms with van der Waals surface area (Å²) in [5.41, 5.74) is 0.733. The van der Waals surface area contributed by atoms with Crippen LogP contribution in [-0.2, 0) is 16.1 Å². The molecule has 10 heteroatoms. The van der Waals surface area contributed by atoms with Crippen LogP contribution in [0.25, 0.3) is 0 Å². The largest absolute Gasteiger partial charge is 0.450 e. The van der Waals surface area contributed by atoms with Crippen LogP contribution >= 0.6 is 0 Å². The Morgan fingerprint density at radius 1 is 1.13 bits per heavy atom. The minimum absolute atomic E-state index is 0.00687. The Labute approximate surface area is 173 Å². The molecule has 0 aromatic heterocycles. The molecule has 2 amide bonds. The predicted molar refractivity (Wildman–Crippen MR) is 108 cm³/mol. The van der Waals surface area contributed by atoms with Gasteiger partial charge in [0.05, 0.1) is 11.5 Å². The van der Waals surface area contributed by atoms with E-state index in [9.17, 15) is 19.7 Å². The van der Waals surface area contributed by atoms with Crippen molar-refractivity contribution in [1.82, 2.24) is 10.2 Å². The van der Waals surface area contributed by atoms with E-state index in [1.165, 1.54) is 30.2 Å². The molecule has 160 valence electrons. The molecular weight excluding hydrogens is 394 g/mol. The van der Waals surface area contributed by atoms with Crippen LogP contribution in [0.2, 0.25) is 0 Å². The van der Waals surface area contributed by atoms with Crippen molar-refractivity contribution in [2.75, 3.05) is 34.4 Å². The van der Waals surface area contributed by atoms with Crippen LogP contribution in [0.15, 0.2) is 42.5 Å². The van der Waals surface area contributed by atoms with Crippen molar-refractivity contribution in [3.05, 3.63) is 63.7 Å². The number of nitrogens with zero attached hydrogens (tertiary/aromatic N) is 2. The molecule has 0 aliphatic rings. The zero-order chi connectivity index (χ0) is 22.1. The molecule has 1 N–H and O–H groups in total. The van der Waals surface area contributed by atoms with Gasteiger partial charge in [0.2, 0.25) is 5.75 Å². The van der Waals surface area contributed by atoms with Crippen molar-refractivity contribution in [3.63, 3.8) is 0 Å². The van der Waals surface area contributed by atoms with Crippen LogP contribution in [0.1, 0.15) is 15.9 Å². The van der Waals surface area contributed by atoms with Crippen molar-refractivity contribution >= 4 is 17.7 Å². The van der Waals surface area contributed by atoms with E-state index in [-0.39, 0.29) is 24.0 Å². The zero-order valence-electron chi connectivity index (χ0n) is 16.9. The van der Waals surface area contributed by atoms with Crippen LogP contribution in [-0.4, -0.2) is 56.2 Å². The summed E-state index contributed by atoms with van der Waals surface area (Å²) in [6, 6.07) is 10.4. The first-order valence-corrected chi connectivity index (χ1v) is 8.98. The highest BCUT2D eigenvalue weighted by atomic mass is 16.6. The second-order valence-corrected chi connectivity index (χ2v) is 6.38. The topological polar surface area (TPSA) is 120 Å². The number of hydrogen-bond donors (Lipinski definition) is 1. The van der Waals surface area contributed by atoms with E-state index in [1.807, 2.05) is 0 Å². The third-order valence-corrected chi connectivity index (χ3v) is 3.90. The van der Waals surface area contributed by atoms with Crippen LogP contribution in [0.5, 0.6) is 11.5 Å². The van der Waals surface area contributed by atoms with E-state index in [2.05, 4.69) is 5.32 Å². The monoisotopic (exact) mass is 417 g/mol. The molecule has 0 saturated heterocycles. The highest BCUT2D eigenvalue weighted by Crippen LogP contribution is 2.32. The van der Waals surface area contributed by atoms with E-state index in [1.54, 1.807) is 38.4 Å². The standard InChI is InChI=1S/C20H23N3O7/c1-22(2)19(24)15-5-7-16(8-6-15)30-18-12-14(4-9-17(18)23(26)27)13-29-20(25)21-10-11-28-3/h4-9,12H,10-11,13H2,1-3H3,(H,21,25). The molecule has 0 atom stereocenters. The van der Waals surface area contributed by atoms with Gasteiger partial charge >= 0.3 is 11.8 Å². The lowest BCUT2D eigenvalue weighted by molar-refractivity contribution is -0.385. The van der Waals surface area contributed by atoms with Gasteiger partial charge in [0.25, 0.3) is 5.91 Å². The summed E-state index contributed by atoms with van der Waals surface area (Å²) in [6.45, 7) is 0.559. The Balaban J connectivity index is 2.12. The first-order chi connectivity index (χ1) is 14.3. The van der Waals surface area contributed by atoms with Crippen molar-refractivity contribution in [2.45, 2.75) is 6.61 Å². The van der Waals surface area contributed by atoms with Gasteiger partial charge in [0.1, 0.15) is 12.4 Å². The van der Waals surface area contributed by atoms with Crippen molar-refractivity contribution in [3.8, 4) is 11.5 Å². The average Bonchev–Trinajstić information content (AvgIpc) is 2.72. The quantitative estimate of drug-likeness (QED) is 0.378. The van der Waals surface area contributed by atoms with Crippen LogP contribution < -0.4 is 10.1 Å². The van der Waals surface area contributed by atoms with E-state index >= 15 is 0 Å². The number of hydrogen-bond acceptors (Lipinski definition) is 7. The normalized spacial score (nSPS) is 10.2. The minimum Gasteiger partial charge on any atom is -0.450 e. The second-order valence-electron chi connectivity index (χ2n) is 6.38. The van der Waals surface area contributed by atoms with E-state index in [4.69, 9.17) is 14.2 Å². The number of nitro groups is 1. The van der Waals surface area contributed by atoms with Crippen LogP contribution in [0.4, 0.5) is 10.5 Å². The molecule has 0 bridgehead atoms. The molecule has 2 aromatic carbocycles. The zero-order valence-corrected chi connectivity index (χ0v) is 16.9. The summed E-state index contributed by atoms with van der Waals surface area (Å²) in [5, 5.41) is 13.8. The summed E-state index contributed by atoms with van der Waals surface area (Å²) in [6.07, 6.45) is -0.631. The van der Waals surface area contributed by atoms with Gasteiger partial charge in [-0.2, -0.15) is 0 Å². The third-order valence-electron chi connectivity index (χ3n) is 3.90. The molecule has 0 fully saturated rings. The fourth-order valence-electron chi connectivity index (χ4n) is 2.39. The molecular formula is C20H23N3O7. The van der Waals surface area contributed by atoms with Crippen LogP contribution in [0.3, 0.4) is 0 Å².